The molecule has 84 valence electrons. The third kappa shape index (κ3) is 4.16. The van der Waals surface area contributed by atoms with Gasteiger partial charge in [-0.3, -0.25) is 4.90 Å². The molecule has 4 heteroatoms. The molecule has 1 aromatic rings. The number of hydrogen-bond donors (Lipinski definition) is 1. The number of halogens is 2. The number of likely N-dealkylation sites (N-methyl/N-ethyl adjacent to an activating group) is 1. The summed E-state index contributed by atoms with van der Waals surface area (Å²) in [5.74, 6) is -0.267. The summed E-state index contributed by atoms with van der Waals surface area (Å²) in [4.78, 5) is 1.85. The van der Waals surface area contributed by atoms with Gasteiger partial charge < -0.3 is 5.11 Å². The van der Waals surface area contributed by atoms with Gasteiger partial charge in [0, 0.05) is 23.7 Å². The summed E-state index contributed by atoms with van der Waals surface area (Å²) in [5.41, 5.74) is 0.547. The second-order valence-electron chi connectivity index (χ2n) is 3.78. The van der Waals surface area contributed by atoms with E-state index >= 15 is 0 Å². The summed E-state index contributed by atoms with van der Waals surface area (Å²) >= 11 is 5.77. The molecule has 0 aliphatic rings. The van der Waals surface area contributed by atoms with E-state index in [0.717, 1.165) is 0 Å². The standard InChI is InChI=1S/C11H15ClFNO/c1-8(15)6-14(2)7-9-5-10(12)3-4-11(9)13/h3-5,8,15H,6-7H2,1-2H3. The van der Waals surface area contributed by atoms with Crippen LogP contribution in [-0.4, -0.2) is 29.7 Å². The van der Waals surface area contributed by atoms with Crippen molar-refractivity contribution in [2.45, 2.75) is 19.6 Å². The van der Waals surface area contributed by atoms with E-state index in [4.69, 9.17) is 16.7 Å². The first-order valence-corrected chi connectivity index (χ1v) is 5.17. The second-order valence-corrected chi connectivity index (χ2v) is 4.22. The molecule has 0 heterocycles. The van der Waals surface area contributed by atoms with E-state index < -0.39 is 6.10 Å². The van der Waals surface area contributed by atoms with Gasteiger partial charge in [0.15, 0.2) is 0 Å². The quantitative estimate of drug-likeness (QED) is 0.860. The summed E-state index contributed by atoms with van der Waals surface area (Å²) in [6, 6.07) is 4.48. The van der Waals surface area contributed by atoms with Crippen LogP contribution in [0.4, 0.5) is 4.39 Å². The maximum Gasteiger partial charge on any atom is 0.127 e. The molecular formula is C11H15ClFNO. The number of rotatable bonds is 4. The smallest absolute Gasteiger partial charge is 0.127 e. The lowest BCUT2D eigenvalue weighted by Gasteiger charge is -2.18. The highest BCUT2D eigenvalue weighted by molar-refractivity contribution is 6.30. The summed E-state index contributed by atoms with van der Waals surface area (Å²) < 4.78 is 13.3. The topological polar surface area (TPSA) is 23.5 Å². The van der Waals surface area contributed by atoms with Crippen LogP contribution in [0.5, 0.6) is 0 Å². The molecule has 1 aromatic carbocycles. The molecule has 0 aliphatic heterocycles. The molecule has 1 atom stereocenters. The molecule has 0 radical (unpaired) electrons. The van der Waals surface area contributed by atoms with Gasteiger partial charge in [-0.2, -0.15) is 0 Å². The zero-order valence-corrected chi connectivity index (χ0v) is 9.63. The van der Waals surface area contributed by atoms with E-state index in [9.17, 15) is 4.39 Å². The lowest BCUT2D eigenvalue weighted by molar-refractivity contribution is 0.138. The highest BCUT2D eigenvalue weighted by atomic mass is 35.5. The van der Waals surface area contributed by atoms with Crippen LogP contribution in [-0.2, 0) is 6.54 Å². The summed E-state index contributed by atoms with van der Waals surface area (Å²) in [6.07, 6.45) is -0.419. The van der Waals surface area contributed by atoms with Crippen molar-refractivity contribution >= 4 is 11.6 Å². The summed E-state index contributed by atoms with van der Waals surface area (Å²) in [5, 5.41) is 9.69. The molecule has 1 unspecified atom stereocenters. The number of hydrogen-bond acceptors (Lipinski definition) is 2. The highest BCUT2D eigenvalue weighted by Gasteiger charge is 2.08. The van der Waals surface area contributed by atoms with Gasteiger partial charge in [0.05, 0.1) is 6.10 Å². The van der Waals surface area contributed by atoms with Crippen molar-refractivity contribution in [1.29, 1.82) is 0 Å². The molecule has 0 fully saturated rings. The molecule has 0 amide bonds. The largest absolute Gasteiger partial charge is 0.392 e. The molecule has 0 bridgehead atoms. The predicted molar refractivity (Wildman–Crippen MR) is 59.4 cm³/mol. The molecule has 0 saturated heterocycles. The number of aliphatic hydroxyl groups is 1. The van der Waals surface area contributed by atoms with Gasteiger partial charge in [-0.25, -0.2) is 4.39 Å². The van der Waals surface area contributed by atoms with Crippen LogP contribution in [0.15, 0.2) is 18.2 Å². The Balaban J connectivity index is 2.67. The van der Waals surface area contributed by atoms with Crippen LogP contribution in [0.2, 0.25) is 5.02 Å². The molecule has 2 nitrogen and oxygen atoms in total. The maximum absolute atomic E-state index is 13.3. The Morgan fingerprint density at radius 3 is 2.80 bits per heavy atom. The molecule has 0 spiro atoms. The van der Waals surface area contributed by atoms with E-state index in [2.05, 4.69) is 0 Å². The number of benzene rings is 1. The first kappa shape index (κ1) is 12.4. The first-order valence-electron chi connectivity index (χ1n) is 4.79. The Hall–Kier alpha value is -0.640. The zero-order chi connectivity index (χ0) is 11.4. The minimum absolute atomic E-state index is 0.267. The molecule has 15 heavy (non-hydrogen) atoms. The SMILES string of the molecule is CC(O)CN(C)Cc1cc(Cl)ccc1F. The minimum Gasteiger partial charge on any atom is -0.392 e. The molecule has 0 aliphatic carbocycles. The van der Waals surface area contributed by atoms with Crippen LogP contribution in [0, 0.1) is 5.82 Å². The fraction of sp³-hybridized carbons (Fsp3) is 0.455. The molecule has 0 aromatic heterocycles. The highest BCUT2D eigenvalue weighted by Crippen LogP contribution is 2.16. The van der Waals surface area contributed by atoms with Gasteiger partial charge >= 0.3 is 0 Å². The van der Waals surface area contributed by atoms with Gasteiger partial charge in [-0.05, 0) is 32.2 Å². The van der Waals surface area contributed by atoms with Crippen molar-refractivity contribution in [1.82, 2.24) is 4.90 Å². The van der Waals surface area contributed by atoms with E-state index in [1.807, 2.05) is 11.9 Å². The van der Waals surface area contributed by atoms with Gasteiger partial charge in [-0.15, -0.1) is 0 Å². The van der Waals surface area contributed by atoms with E-state index in [1.165, 1.54) is 12.1 Å². The van der Waals surface area contributed by atoms with Crippen LogP contribution in [0.3, 0.4) is 0 Å². The molecule has 1 N–H and O–H groups in total. The molecular weight excluding hydrogens is 217 g/mol. The Morgan fingerprint density at radius 1 is 1.53 bits per heavy atom. The lowest BCUT2D eigenvalue weighted by atomic mass is 10.2. The van der Waals surface area contributed by atoms with E-state index in [-0.39, 0.29) is 5.82 Å². The van der Waals surface area contributed by atoms with Crippen LogP contribution in [0.25, 0.3) is 0 Å². The van der Waals surface area contributed by atoms with Crippen molar-refractivity contribution < 1.29 is 9.50 Å². The Labute approximate surface area is 94.3 Å². The second kappa shape index (κ2) is 5.45. The Kier molecular flexibility index (Phi) is 4.51. The Morgan fingerprint density at radius 2 is 2.20 bits per heavy atom. The van der Waals surface area contributed by atoms with Crippen molar-refractivity contribution in [2.24, 2.45) is 0 Å². The van der Waals surface area contributed by atoms with Crippen molar-refractivity contribution in [3.63, 3.8) is 0 Å². The lowest BCUT2D eigenvalue weighted by Crippen LogP contribution is -2.27. The predicted octanol–water partition coefficient (Wildman–Crippen LogP) is 2.29. The van der Waals surface area contributed by atoms with Crippen LogP contribution < -0.4 is 0 Å². The number of aliphatic hydroxyl groups excluding tert-OH is 1. The third-order valence-electron chi connectivity index (χ3n) is 2.02. The van der Waals surface area contributed by atoms with Gasteiger partial charge in [0.1, 0.15) is 5.82 Å². The Bertz CT molecular complexity index is 330. The average molecular weight is 232 g/mol. The van der Waals surface area contributed by atoms with E-state index in [1.54, 1.807) is 13.0 Å². The molecule has 0 saturated carbocycles. The summed E-state index contributed by atoms with van der Waals surface area (Å²) in [7, 11) is 1.83. The van der Waals surface area contributed by atoms with E-state index in [0.29, 0.717) is 23.7 Å². The van der Waals surface area contributed by atoms with Gasteiger partial charge in [0.2, 0.25) is 0 Å². The normalized spacial score (nSPS) is 13.2. The van der Waals surface area contributed by atoms with Crippen LogP contribution >= 0.6 is 11.6 Å². The zero-order valence-electron chi connectivity index (χ0n) is 8.87. The third-order valence-corrected chi connectivity index (χ3v) is 2.26. The average Bonchev–Trinajstić information content (AvgIpc) is 2.10. The van der Waals surface area contributed by atoms with Crippen molar-refractivity contribution in [3.05, 3.63) is 34.6 Å². The number of nitrogens with zero attached hydrogens (tertiary/aromatic N) is 1. The van der Waals surface area contributed by atoms with Crippen LogP contribution in [0.1, 0.15) is 12.5 Å². The first-order chi connectivity index (χ1) is 6.99. The molecule has 1 rings (SSSR count). The fourth-order valence-corrected chi connectivity index (χ4v) is 1.67. The van der Waals surface area contributed by atoms with Crippen molar-refractivity contribution in [2.75, 3.05) is 13.6 Å². The monoisotopic (exact) mass is 231 g/mol. The maximum atomic E-state index is 13.3. The van der Waals surface area contributed by atoms with Gasteiger partial charge in [-0.1, -0.05) is 11.6 Å². The van der Waals surface area contributed by atoms with Gasteiger partial charge in [0.25, 0.3) is 0 Å². The fourth-order valence-electron chi connectivity index (χ4n) is 1.47. The van der Waals surface area contributed by atoms with Crippen molar-refractivity contribution in [3.8, 4) is 0 Å². The summed E-state index contributed by atoms with van der Waals surface area (Å²) in [6.45, 7) is 2.65. The minimum atomic E-state index is -0.419.